The van der Waals surface area contributed by atoms with E-state index in [1.807, 2.05) is 0 Å². The second kappa shape index (κ2) is 5.22. The first-order valence-corrected chi connectivity index (χ1v) is 11.9. The van der Waals surface area contributed by atoms with Gasteiger partial charge in [-0.25, -0.2) is 0 Å². The zero-order valence-electron chi connectivity index (χ0n) is 13.8. The average Bonchev–Trinajstić information content (AvgIpc) is 3.02. The molecule has 0 bridgehead atoms. The van der Waals surface area contributed by atoms with Crippen LogP contribution in [0.4, 0.5) is 0 Å². The van der Waals surface area contributed by atoms with E-state index >= 15 is 0 Å². The van der Waals surface area contributed by atoms with Crippen LogP contribution in [0, 0.1) is 0 Å². The minimum atomic E-state index is -2.13. The molecule has 0 heterocycles. The van der Waals surface area contributed by atoms with Crippen LogP contribution in [-0.2, 0) is 0 Å². The van der Waals surface area contributed by atoms with Crippen LogP contribution < -0.4 is 0 Å². The Labute approximate surface area is 144 Å². The van der Waals surface area contributed by atoms with Crippen LogP contribution >= 0.6 is 11.1 Å². The van der Waals surface area contributed by atoms with Gasteiger partial charge in [0.15, 0.2) is 7.38 Å². The summed E-state index contributed by atoms with van der Waals surface area (Å²) in [6, 6.07) is 17.5. The van der Waals surface area contributed by atoms with Gasteiger partial charge >= 0.3 is 0 Å². The van der Waals surface area contributed by atoms with Gasteiger partial charge in [0.05, 0.1) is 0 Å². The van der Waals surface area contributed by atoms with Crippen LogP contribution in [0.3, 0.4) is 0 Å². The van der Waals surface area contributed by atoms with Gasteiger partial charge in [-0.15, -0.1) is 0 Å². The molecule has 0 radical (unpaired) electrons. The zero-order chi connectivity index (χ0) is 16.2. The molecule has 2 aromatic carbocycles. The first-order valence-electron chi connectivity index (χ1n) is 8.23. The van der Waals surface area contributed by atoms with Crippen molar-refractivity contribution in [2.24, 2.45) is 0 Å². The average molecular weight is 337 g/mol. The van der Waals surface area contributed by atoms with Gasteiger partial charge in [0, 0.05) is 11.1 Å². The lowest BCUT2D eigenvalue weighted by Gasteiger charge is -2.36. The molecule has 0 fully saturated rings. The molecule has 23 heavy (non-hydrogen) atoms. The van der Waals surface area contributed by atoms with Crippen LogP contribution in [0.25, 0.3) is 12.2 Å². The van der Waals surface area contributed by atoms with Crippen molar-refractivity contribution >= 4 is 30.6 Å². The van der Waals surface area contributed by atoms with Gasteiger partial charge in [-0.05, 0) is 36.1 Å². The monoisotopic (exact) mass is 336 g/mol. The van der Waals surface area contributed by atoms with Crippen LogP contribution in [0.1, 0.15) is 47.2 Å². The smallest absolute Gasteiger partial charge is 0.165 e. The van der Waals surface area contributed by atoms with E-state index in [4.69, 9.17) is 11.1 Å². The standard InChI is InChI=1S/C21H21ClSi/c1-14-12-16-8-4-6-10-18(16)20(14)23(3,22)21-15(2)13-17-9-5-7-11-19(17)21/h4-13,20-21H,1-3H3. The third-order valence-corrected chi connectivity index (χ3v) is 10.5. The number of halogens is 1. The minimum absolute atomic E-state index is 0.389. The quantitative estimate of drug-likeness (QED) is 0.447. The van der Waals surface area contributed by atoms with E-state index in [2.05, 4.69) is 81.1 Å². The molecule has 0 nitrogen and oxygen atoms in total. The lowest BCUT2D eigenvalue weighted by molar-refractivity contribution is 0.994. The van der Waals surface area contributed by atoms with Crippen molar-refractivity contribution in [1.29, 1.82) is 0 Å². The van der Waals surface area contributed by atoms with Crippen molar-refractivity contribution < 1.29 is 0 Å². The van der Waals surface area contributed by atoms with Gasteiger partial charge < -0.3 is 0 Å². The summed E-state index contributed by atoms with van der Waals surface area (Å²) in [6.45, 7) is 6.85. The molecule has 0 spiro atoms. The van der Waals surface area contributed by atoms with E-state index < -0.39 is 7.38 Å². The fourth-order valence-corrected chi connectivity index (χ4v) is 10.4. The maximum Gasteiger partial charge on any atom is 0.176 e. The van der Waals surface area contributed by atoms with Crippen molar-refractivity contribution in [3.05, 3.63) is 81.9 Å². The number of benzene rings is 2. The van der Waals surface area contributed by atoms with E-state index in [0.717, 1.165) is 0 Å². The minimum Gasteiger partial charge on any atom is -0.165 e. The molecule has 4 rings (SSSR count). The number of fused-ring (bicyclic) bond motifs is 2. The lowest BCUT2D eigenvalue weighted by Crippen LogP contribution is -2.40. The first kappa shape index (κ1) is 15.0. The van der Waals surface area contributed by atoms with Crippen LogP contribution in [0.5, 0.6) is 0 Å². The normalized spacial score (nSPS) is 24.5. The first-order chi connectivity index (χ1) is 11.0. The zero-order valence-corrected chi connectivity index (χ0v) is 15.6. The molecule has 2 atom stereocenters. The largest absolute Gasteiger partial charge is 0.176 e. The molecule has 116 valence electrons. The SMILES string of the molecule is CC1=Cc2ccccc2C1[Si](C)(Cl)C1C(C)=Cc2ccccc21. The Kier molecular flexibility index (Phi) is 3.40. The van der Waals surface area contributed by atoms with Gasteiger partial charge in [0.1, 0.15) is 0 Å². The lowest BCUT2D eigenvalue weighted by atomic mass is 10.1. The molecule has 2 aliphatic rings. The second-order valence-corrected chi connectivity index (χ2v) is 13.0. The van der Waals surface area contributed by atoms with Crippen LogP contribution in [0.15, 0.2) is 59.7 Å². The summed E-state index contributed by atoms with van der Waals surface area (Å²) in [5, 5.41) is 0. The predicted octanol–water partition coefficient (Wildman–Crippen LogP) is 6.28. The third kappa shape index (κ3) is 2.18. The van der Waals surface area contributed by atoms with Gasteiger partial charge in [0.25, 0.3) is 0 Å². The molecule has 2 heteroatoms. The Bertz CT molecular complexity index is 775. The van der Waals surface area contributed by atoms with E-state index in [0.29, 0.717) is 11.1 Å². The molecular formula is C21H21ClSi. The highest BCUT2D eigenvalue weighted by atomic mass is 35.6. The molecule has 0 saturated carbocycles. The van der Waals surface area contributed by atoms with Gasteiger partial charge in [-0.1, -0.05) is 78.4 Å². The van der Waals surface area contributed by atoms with E-state index in [9.17, 15) is 0 Å². The van der Waals surface area contributed by atoms with Crippen molar-refractivity contribution in [1.82, 2.24) is 0 Å². The second-order valence-electron chi connectivity index (χ2n) is 7.05. The number of allylic oxidation sites excluding steroid dienone is 2. The maximum absolute atomic E-state index is 7.45. The maximum atomic E-state index is 7.45. The Morgan fingerprint density at radius 2 is 1.13 bits per heavy atom. The van der Waals surface area contributed by atoms with Gasteiger partial charge in [-0.2, -0.15) is 11.1 Å². The molecule has 0 aliphatic heterocycles. The third-order valence-electron chi connectivity index (χ3n) is 5.42. The molecule has 2 aromatic rings. The molecule has 2 aliphatic carbocycles. The molecule has 0 aromatic heterocycles. The van der Waals surface area contributed by atoms with E-state index in [-0.39, 0.29) is 0 Å². The number of hydrogen-bond donors (Lipinski definition) is 0. The van der Waals surface area contributed by atoms with Crippen molar-refractivity contribution in [3.63, 3.8) is 0 Å². The molecule has 2 unspecified atom stereocenters. The highest BCUT2D eigenvalue weighted by Crippen LogP contribution is 2.53. The molecule has 0 saturated heterocycles. The molecule has 0 N–H and O–H groups in total. The molecular weight excluding hydrogens is 316 g/mol. The fourth-order valence-electron chi connectivity index (χ4n) is 4.62. The van der Waals surface area contributed by atoms with Crippen LogP contribution in [-0.4, -0.2) is 7.38 Å². The van der Waals surface area contributed by atoms with Crippen LogP contribution in [0.2, 0.25) is 6.55 Å². The summed E-state index contributed by atoms with van der Waals surface area (Å²) in [7, 11) is -2.13. The summed E-state index contributed by atoms with van der Waals surface area (Å²) >= 11 is 7.45. The molecule has 0 amide bonds. The Morgan fingerprint density at radius 1 is 0.739 bits per heavy atom. The summed E-state index contributed by atoms with van der Waals surface area (Å²) < 4.78 is 0. The van der Waals surface area contributed by atoms with E-state index in [1.165, 1.54) is 33.4 Å². The topological polar surface area (TPSA) is 0 Å². The van der Waals surface area contributed by atoms with E-state index in [1.54, 1.807) is 0 Å². The Balaban J connectivity index is 1.84. The predicted molar refractivity (Wildman–Crippen MR) is 103 cm³/mol. The fraction of sp³-hybridized carbons (Fsp3) is 0.238. The number of rotatable bonds is 2. The summed E-state index contributed by atoms with van der Waals surface area (Å²) in [4.78, 5) is 0. The Morgan fingerprint density at radius 3 is 1.57 bits per heavy atom. The van der Waals surface area contributed by atoms with Crippen molar-refractivity contribution in [2.75, 3.05) is 0 Å². The summed E-state index contributed by atoms with van der Waals surface area (Å²) in [6.07, 6.45) is 4.65. The van der Waals surface area contributed by atoms with Crippen molar-refractivity contribution in [2.45, 2.75) is 31.5 Å². The van der Waals surface area contributed by atoms with Gasteiger partial charge in [0.2, 0.25) is 0 Å². The van der Waals surface area contributed by atoms with Gasteiger partial charge in [-0.3, -0.25) is 0 Å². The van der Waals surface area contributed by atoms with Crippen molar-refractivity contribution in [3.8, 4) is 0 Å². The highest BCUT2D eigenvalue weighted by Gasteiger charge is 2.49. The summed E-state index contributed by atoms with van der Waals surface area (Å²) in [5.74, 6) is 0. The number of hydrogen-bond acceptors (Lipinski definition) is 0. The highest BCUT2D eigenvalue weighted by molar-refractivity contribution is 7.21. The Hall–Kier alpha value is -1.57. The summed E-state index contributed by atoms with van der Waals surface area (Å²) in [5.41, 5.74) is 9.17.